The van der Waals surface area contributed by atoms with Crippen LogP contribution in [0.3, 0.4) is 0 Å². The normalized spacial score (nSPS) is 17.0. The van der Waals surface area contributed by atoms with Gasteiger partial charge in [0, 0.05) is 11.3 Å². The van der Waals surface area contributed by atoms with Gasteiger partial charge in [-0.25, -0.2) is 5.01 Å². The zero-order valence-electron chi connectivity index (χ0n) is 17.2. The monoisotopic (exact) mass is 436 g/mol. The SMILES string of the molecule is O=C1NC(c2ccccc2)Nc2sc3c(c21)N(c1ccccc1)N=C(c1ccccc1)C3. The molecule has 1 atom stereocenters. The maximum absolute atomic E-state index is 13.3. The first-order valence-electron chi connectivity index (χ1n) is 10.5. The number of nitrogens with one attached hydrogen (secondary N) is 2. The number of carbonyl (C=O) groups is 1. The Morgan fingerprint density at radius 2 is 1.50 bits per heavy atom. The second kappa shape index (κ2) is 7.66. The number of amides is 1. The summed E-state index contributed by atoms with van der Waals surface area (Å²) < 4.78 is 0. The van der Waals surface area contributed by atoms with Crippen molar-refractivity contribution >= 4 is 39.3 Å². The molecule has 5 nitrogen and oxygen atoms in total. The standard InChI is InChI=1S/C26H20N4OS/c31-25-22-23-21(32-26(22)28-24(27-25)18-12-6-2-7-13-18)16-20(17-10-4-1-5-11-17)29-30(23)19-14-8-3-9-15-19/h1-15,24,28H,16H2,(H,27,31). The molecule has 0 aliphatic carbocycles. The van der Waals surface area contributed by atoms with Gasteiger partial charge in [0.25, 0.3) is 5.91 Å². The van der Waals surface area contributed by atoms with Gasteiger partial charge in [-0.3, -0.25) is 4.79 Å². The van der Waals surface area contributed by atoms with Gasteiger partial charge >= 0.3 is 0 Å². The lowest BCUT2D eigenvalue weighted by molar-refractivity contribution is 0.0937. The van der Waals surface area contributed by atoms with Crippen LogP contribution in [0.15, 0.2) is 96.1 Å². The number of anilines is 3. The number of hydrogen-bond donors (Lipinski definition) is 2. The summed E-state index contributed by atoms with van der Waals surface area (Å²) in [5.41, 5.74) is 5.56. The molecule has 2 N–H and O–H groups in total. The summed E-state index contributed by atoms with van der Waals surface area (Å²) in [7, 11) is 0. The second-order valence-electron chi connectivity index (χ2n) is 7.78. The molecule has 0 saturated heterocycles. The third-order valence-electron chi connectivity index (χ3n) is 5.73. The molecule has 0 spiro atoms. The zero-order chi connectivity index (χ0) is 21.5. The molecule has 6 rings (SSSR count). The van der Waals surface area contributed by atoms with Gasteiger partial charge < -0.3 is 10.6 Å². The number of rotatable bonds is 3. The number of hydrogen-bond acceptors (Lipinski definition) is 5. The predicted molar refractivity (Wildman–Crippen MR) is 130 cm³/mol. The van der Waals surface area contributed by atoms with Crippen molar-refractivity contribution in [2.45, 2.75) is 12.6 Å². The molecule has 2 aliphatic heterocycles. The van der Waals surface area contributed by atoms with Crippen molar-refractivity contribution in [3.8, 4) is 0 Å². The summed E-state index contributed by atoms with van der Waals surface area (Å²) in [4.78, 5) is 14.4. The van der Waals surface area contributed by atoms with Crippen molar-refractivity contribution in [3.63, 3.8) is 0 Å². The number of nitrogens with zero attached hydrogens (tertiary/aromatic N) is 2. The van der Waals surface area contributed by atoms with E-state index in [0.717, 1.165) is 38.1 Å². The molecular formula is C26H20N4OS. The van der Waals surface area contributed by atoms with Crippen LogP contribution in [0.25, 0.3) is 0 Å². The summed E-state index contributed by atoms with van der Waals surface area (Å²) in [5.74, 6) is -0.0793. The summed E-state index contributed by atoms with van der Waals surface area (Å²) in [6.07, 6.45) is 0.432. The van der Waals surface area contributed by atoms with Gasteiger partial charge in [-0.15, -0.1) is 11.3 Å². The Kier molecular flexibility index (Phi) is 4.51. The minimum Gasteiger partial charge on any atom is -0.353 e. The second-order valence-corrected chi connectivity index (χ2v) is 8.88. The molecule has 0 fully saturated rings. The van der Waals surface area contributed by atoms with Crippen LogP contribution in [0, 0.1) is 0 Å². The Labute approximate surface area is 190 Å². The molecule has 3 aromatic carbocycles. The first-order valence-corrected chi connectivity index (χ1v) is 11.4. The van der Waals surface area contributed by atoms with E-state index < -0.39 is 0 Å². The first kappa shape index (κ1) is 18.8. The highest BCUT2D eigenvalue weighted by molar-refractivity contribution is 7.17. The predicted octanol–water partition coefficient (Wildman–Crippen LogP) is 5.70. The maximum Gasteiger partial charge on any atom is 0.258 e. The number of para-hydroxylation sites is 1. The molecule has 1 amide bonds. The van der Waals surface area contributed by atoms with Gasteiger partial charge in [0.15, 0.2) is 0 Å². The Balaban J connectivity index is 1.47. The van der Waals surface area contributed by atoms with E-state index in [1.54, 1.807) is 11.3 Å². The van der Waals surface area contributed by atoms with Gasteiger partial charge in [-0.2, -0.15) is 5.10 Å². The number of carbonyl (C=O) groups excluding carboxylic acids is 1. The highest BCUT2D eigenvalue weighted by atomic mass is 32.1. The zero-order valence-corrected chi connectivity index (χ0v) is 18.0. The number of benzene rings is 3. The van der Waals surface area contributed by atoms with Crippen LogP contribution in [-0.2, 0) is 6.42 Å². The fourth-order valence-corrected chi connectivity index (χ4v) is 5.42. The van der Waals surface area contributed by atoms with E-state index in [4.69, 9.17) is 5.10 Å². The lowest BCUT2D eigenvalue weighted by Crippen LogP contribution is -2.38. The molecular weight excluding hydrogens is 416 g/mol. The lowest BCUT2D eigenvalue weighted by Gasteiger charge is -2.29. The van der Waals surface area contributed by atoms with Gasteiger partial charge in [0.2, 0.25) is 0 Å². The van der Waals surface area contributed by atoms with E-state index >= 15 is 0 Å². The fourth-order valence-electron chi connectivity index (χ4n) is 4.21. The lowest BCUT2D eigenvalue weighted by atomic mass is 10.0. The third kappa shape index (κ3) is 3.16. The van der Waals surface area contributed by atoms with Crippen molar-refractivity contribution in [3.05, 3.63) is 113 Å². The molecule has 2 aliphatic rings. The molecule has 3 heterocycles. The molecule has 0 radical (unpaired) electrons. The molecule has 1 unspecified atom stereocenters. The average Bonchev–Trinajstić information content (AvgIpc) is 3.24. The smallest absolute Gasteiger partial charge is 0.258 e. The van der Waals surface area contributed by atoms with E-state index in [1.807, 2.05) is 83.9 Å². The summed E-state index contributed by atoms with van der Waals surface area (Å²) in [6.45, 7) is 0. The average molecular weight is 437 g/mol. The fraction of sp³-hybridized carbons (Fsp3) is 0.0769. The highest BCUT2D eigenvalue weighted by Gasteiger charge is 2.36. The van der Waals surface area contributed by atoms with Crippen molar-refractivity contribution in [1.82, 2.24) is 5.32 Å². The Morgan fingerprint density at radius 1 is 0.844 bits per heavy atom. The number of hydrazone groups is 1. The Morgan fingerprint density at radius 3 is 2.22 bits per heavy atom. The van der Waals surface area contributed by atoms with Crippen molar-refractivity contribution in [2.24, 2.45) is 5.10 Å². The Hall–Kier alpha value is -3.90. The van der Waals surface area contributed by atoms with Crippen molar-refractivity contribution in [1.29, 1.82) is 0 Å². The Bertz CT molecular complexity index is 1320. The van der Waals surface area contributed by atoms with E-state index in [9.17, 15) is 4.79 Å². The van der Waals surface area contributed by atoms with Crippen molar-refractivity contribution < 1.29 is 4.79 Å². The van der Waals surface area contributed by atoms with Crippen LogP contribution in [-0.4, -0.2) is 11.6 Å². The summed E-state index contributed by atoms with van der Waals surface area (Å²) in [5, 5.41) is 14.5. The summed E-state index contributed by atoms with van der Waals surface area (Å²) in [6, 6.07) is 30.2. The maximum atomic E-state index is 13.3. The van der Waals surface area contributed by atoms with Crippen LogP contribution >= 0.6 is 11.3 Å². The van der Waals surface area contributed by atoms with Gasteiger partial charge in [0.05, 0.1) is 22.6 Å². The first-order chi connectivity index (χ1) is 15.8. The van der Waals surface area contributed by atoms with E-state index in [2.05, 4.69) is 22.8 Å². The quantitative estimate of drug-likeness (QED) is 0.433. The molecule has 156 valence electrons. The molecule has 6 heteroatoms. The third-order valence-corrected chi connectivity index (χ3v) is 6.84. The van der Waals surface area contributed by atoms with Crippen LogP contribution in [0.2, 0.25) is 0 Å². The van der Waals surface area contributed by atoms with Gasteiger partial charge in [-0.05, 0) is 23.3 Å². The van der Waals surface area contributed by atoms with Crippen LogP contribution in [0.4, 0.5) is 16.4 Å². The van der Waals surface area contributed by atoms with Gasteiger partial charge in [0.1, 0.15) is 11.2 Å². The summed E-state index contributed by atoms with van der Waals surface area (Å²) >= 11 is 1.64. The number of fused-ring (bicyclic) bond motifs is 3. The largest absolute Gasteiger partial charge is 0.353 e. The van der Waals surface area contributed by atoms with Crippen LogP contribution < -0.4 is 15.6 Å². The van der Waals surface area contributed by atoms with Crippen molar-refractivity contribution in [2.75, 3.05) is 10.3 Å². The number of thiophene rings is 1. The van der Waals surface area contributed by atoms with Crippen LogP contribution in [0.5, 0.6) is 0 Å². The van der Waals surface area contributed by atoms with E-state index in [-0.39, 0.29) is 12.1 Å². The molecule has 32 heavy (non-hydrogen) atoms. The minimum atomic E-state index is -0.254. The molecule has 0 bridgehead atoms. The molecule has 1 aromatic heterocycles. The topological polar surface area (TPSA) is 56.7 Å². The van der Waals surface area contributed by atoms with Crippen LogP contribution in [0.1, 0.15) is 32.5 Å². The van der Waals surface area contributed by atoms with E-state index in [0.29, 0.717) is 12.0 Å². The van der Waals surface area contributed by atoms with E-state index in [1.165, 1.54) is 0 Å². The molecule has 0 saturated carbocycles. The van der Waals surface area contributed by atoms with Gasteiger partial charge in [-0.1, -0.05) is 78.9 Å². The molecule has 4 aromatic rings. The minimum absolute atomic E-state index is 0.0793. The highest BCUT2D eigenvalue weighted by Crippen LogP contribution is 2.47.